The molecule has 0 bridgehead atoms. The van der Waals surface area contributed by atoms with Gasteiger partial charge in [0.2, 0.25) is 0 Å². The molecule has 0 saturated heterocycles. The molecule has 5 heteroatoms. The lowest BCUT2D eigenvalue weighted by molar-refractivity contribution is 0.0538. The zero-order chi connectivity index (χ0) is 18.0. The predicted octanol–water partition coefficient (Wildman–Crippen LogP) is 2.75. The van der Waals surface area contributed by atoms with Gasteiger partial charge in [-0.05, 0) is 42.3 Å². The van der Waals surface area contributed by atoms with E-state index in [-0.39, 0.29) is 5.91 Å². The van der Waals surface area contributed by atoms with Crippen LogP contribution in [0.5, 0.6) is 0 Å². The largest absolute Gasteiger partial charge is 0.332 e. The van der Waals surface area contributed by atoms with Crippen molar-refractivity contribution in [3.05, 3.63) is 64.5 Å². The van der Waals surface area contributed by atoms with Crippen molar-refractivity contribution in [2.75, 3.05) is 7.11 Å². The summed E-state index contributed by atoms with van der Waals surface area (Å²) in [5, 5.41) is 0.799. The number of fused-ring (bicyclic) bond motifs is 1. The number of carbonyl (C=O) groups is 1. The SMILES string of the molecule is C#Cc1ccc(Cc2c(C(=O)NOC)c3cccnc3n2C)c(C)c1. The van der Waals surface area contributed by atoms with Gasteiger partial charge in [-0.25, -0.2) is 10.5 Å². The average Bonchev–Trinajstić information content (AvgIpc) is 2.89. The monoisotopic (exact) mass is 333 g/mol. The van der Waals surface area contributed by atoms with Crippen LogP contribution in [0, 0.1) is 19.3 Å². The molecule has 1 N–H and O–H groups in total. The number of rotatable bonds is 4. The van der Waals surface area contributed by atoms with Crippen molar-refractivity contribution in [3.8, 4) is 12.3 Å². The molecule has 1 amide bonds. The van der Waals surface area contributed by atoms with Gasteiger partial charge in [0.1, 0.15) is 5.65 Å². The minimum atomic E-state index is -0.283. The molecule has 2 aromatic heterocycles. The Morgan fingerprint density at radius 1 is 1.40 bits per heavy atom. The van der Waals surface area contributed by atoms with E-state index < -0.39 is 0 Å². The predicted molar refractivity (Wildman–Crippen MR) is 97.1 cm³/mol. The molecule has 5 nitrogen and oxygen atoms in total. The fraction of sp³-hybridized carbons (Fsp3) is 0.200. The second-order valence-electron chi connectivity index (χ2n) is 5.85. The number of terminal acetylenes is 1. The lowest BCUT2D eigenvalue weighted by Crippen LogP contribution is -2.23. The third kappa shape index (κ3) is 3.00. The van der Waals surface area contributed by atoms with Gasteiger partial charge >= 0.3 is 0 Å². The summed E-state index contributed by atoms with van der Waals surface area (Å²) < 4.78 is 1.95. The Balaban J connectivity index is 2.15. The molecule has 0 radical (unpaired) electrons. The van der Waals surface area contributed by atoms with E-state index in [2.05, 4.69) is 16.4 Å². The maximum atomic E-state index is 12.6. The first-order valence-electron chi connectivity index (χ1n) is 7.88. The lowest BCUT2D eigenvalue weighted by atomic mass is 9.99. The van der Waals surface area contributed by atoms with Crippen LogP contribution in [0.1, 0.15) is 32.7 Å². The van der Waals surface area contributed by atoms with Crippen LogP contribution in [0.3, 0.4) is 0 Å². The molecule has 0 fully saturated rings. The highest BCUT2D eigenvalue weighted by molar-refractivity contribution is 6.07. The molecule has 2 heterocycles. The maximum Gasteiger partial charge on any atom is 0.277 e. The highest BCUT2D eigenvalue weighted by atomic mass is 16.6. The van der Waals surface area contributed by atoms with Crippen molar-refractivity contribution in [2.24, 2.45) is 7.05 Å². The summed E-state index contributed by atoms with van der Waals surface area (Å²) in [5.41, 5.74) is 7.67. The van der Waals surface area contributed by atoms with Crippen LogP contribution in [0.25, 0.3) is 11.0 Å². The molecule has 0 unspecified atom stereocenters. The number of benzene rings is 1. The summed E-state index contributed by atoms with van der Waals surface area (Å²) >= 11 is 0. The number of carbonyl (C=O) groups excluding carboxylic acids is 1. The number of hydrogen-bond acceptors (Lipinski definition) is 3. The Bertz CT molecular complexity index is 996. The molecular formula is C20H19N3O2. The van der Waals surface area contributed by atoms with Gasteiger partial charge in [-0.1, -0.05) is 12.0 Å². The number of aryl methyl sites for hydroxylation is 2. The van der Waals surface area contributed by atoms with Gasteiger partial charge in [0.15, 0.2) is 0 Å². The molecule has 25 heavy (non-hydrogen) atoms. The maximum absolute atomic E-state index is 12.6. The fourth-order valence-electron chi connectivity index (χ4n) is 3.08. The minimum absolute atomic E-state index is 0.283. The van der Waals surface area contributed by atoms with E-state index in [0.29, 0.717) is 12.0 Å². The van der Waals surface area contributed by atoms with Gasteiger partial charge in [-0.15, -0.1) is 6.42 Å². The minimum Gasteiger partial charge on any atom is -0.332 e. The molecule has 3 aromatic rings. The standard InChI is InChI=1S/C20H19N3O2/c1-5-14-8-9-15(13(2)11-14)12-17-18(20(24)22-25-4)16-7-6-10-21-19(16)23(17)3/h1,6-11H,12H2,2-4H3,(H,22,24). The lowest BCUT2D eigenvalue weighted by Gasteiger charge is -2.10. The van der Waals surface area contributed by atoms with Gasteiger partial charge in [0, 0.05) is 36.3 Å². The van der Waals surface area contributed by atoms with Crippen LogP contribution >= 0.6 is 0 Å². The topological polar surface area (TPSA) is 56.1 Å². The molecule has 1 aromatic carbocycles. The second kappa shape index (κ2) is 6.80. The van der Waals surface area contributed by atoms with Gasteiger partial charge in [0.25, 0.3) is 5.91 Å². The first kappa shape index (κ1) is 16.7. The normalized spacial score (nSPS) is 10.6. The number of nitrogens with one attached hydrogen (secondary N) is 1. The summed E-state index contributed by atoms with van der Waals surface area (Å²) in [6.07, 6.45) is 7.78. The smallest absolute Gasteiger partial charge is 0.277 e. The van der Waals surface area contributed by atoms with Gasteiger partial charge < -0.3 is 4.57 Å². The Morgan fingerprint density at radius 2 is 2.20 bits per heavy atom. The molecule has 0 aliphatic rings. The van der Waals surface area contributed by atoms with Crippen molar-refractivity contribution in [3.63, 3.8) is 0 Å². The van der Waals surface area contributed by atoms with Crippen molar-refractivity contribution >= 4 is 16.9 Å². The van der Waals surface area contributed by atoms with Crippen molar-refractivity contribution in [1.29, 1.82) is 0 Å². The highest BCUT2D eigenvalue weighted by Crippen LogP contribution is 2.27. The highest BCUT2D eigenvalue weighted by Gasteiger charge is 2.22. The van der Waals surface area contributed by atoms with Crippen LogP contribution in [0.2, 0.25) is 0 Å². The van der Waals surface area contributed by atoms with Crippen molar-refractivity contribution in [1.82, 2.24) is 15.0 Å². The van der Waals surface area contributed by atoms with E-state index in [0.717, 1.165) is 33.4 Å². The molecule has 126 valence electrons. The van der Waals surface area contributed by atoms with E-state index in [4.69, 9.17) is 11.3 Å². The fourth-order valence-corrected chi connectivity index (χ4v) is 3.08. The number of aromatic nitrogens is 2. The summed E-state index contributed by atoms with van der Waals surface area (Å²) in [5.74, 6) is 2.36. The van der Waals surface area contributed by atoms with Crippen LogP contribution in [0.15, 0.2) is 36.5 Å². The quantitative estimate of drug-likeness (QED) is 0.590. The Kier molecular flexibility index (Phi) is 4.55. The third-order valence-corrected chi connectivity index (χ3v) is 4.36. The number of hydrogen-bond donors (Lipinski definition) is 1. The second-order valence-corrected chi connectivity index (χ2v) is 5.85. The molecule has 0 atom stereocenters. The van der Waals surface area contributed by atoms with Gasteiger partial charge in [0.05, 0.1) is 12.7 Å². The summed E-state index contributed by atoms with van der Waals surface area (Å²) in [6, 6.07) is 9.62. The molecule has 0 saturated carbocycles. The Labute approximate surface area is 146 Å². The van der Waals surface area contributed by atoms with Crippen molar-refractivity contribution in [2.45, 2.75) is 13.3 Å². The average molecular weight is 333 g/mol. The Morgan fingerprint density at radius 3 is 2.88 bits per heavy atom. The Hall–Kier alpha value is -3.10. The van der Waals surface area contributed by atoms with E-state index in [9.17, 15) is 4.79 Å². The van der Waals surface area contributed by atoms with Crippen LogP contribution in [-0.4, -0.2) is 22.6 Å². The molecule has 0 aliphatic heterocycles. The zero-order valence-electron chi connectivity index (χ0n) is 14.5. The number of pyridine rings is 1. The first-order chi connectivity index (χ1) is 12.1. The number of amides is 1. The number of hydroxylamine groups is 1. The van der Waals surface area contributed by atoms with E-state index in [1.54, 1.807) is 6.20 Å². The number of nitrogens with zero attached hydrogens (tertiary/aromatic N) is 2. The van der Waals surface area contributed by atoms with Gasteiger partial charge in [-0.3, -0.25) is 9.63 Å². The molecule has 0 aliphatic carbocycles. The van der Waals surface area contributed by atoms with Crippen molar-refractivity contribution < 1.29 is 9.63 Å². The van der Waals surface area contributed by atoms with Crippen LogP contribution in [0.4, 0.5) is 0 Å². The summed E-state index contributed by atoms with van der Waals surface area (Å²) in [6.45, 7) is 2.02. The van der Waals surface area contributed by atoms with Crippen LogP contribution < -0.4 is 5.48 Å². The van der Waals surface area contributed by atoms with Crippen LogP contribution in [-0.2, 0) is 18.3 Å². The first-order valence-corrected chi connectivity index (χ1v) is 7.88. The molecule has 3 rings (SSSR count). The summed E-state index contributed by atoms with van der Waals surface area (Å²) in [4.78, 5) is 21.8. The third-order valence-electron chi connectivity index (χ3n) is 4.36. The molecular weight excluding hydrogens is 314 g/mol. The zero-order valence-corrected chi connectivity index (χ0v) is 14.5. The molecule has 0 spiro atoms. The van der Waals surface area contributed by atoms with Gasteiger partial charge in [-0.2, -0.15) is 0 Å². The van der Waals surface area contributed by atoms with E-state index in [1.807, 2.05) is 48.9 Å². The summed E-state index contributed by atoms with van der Waals surface area (Å²) in [7, 11) is 3.34. The van der Waals surface area contributed by atoms with E-state index >= 15 is 0 Å². The van der Waals surface area contributed by atoms with E-state index in [1.165, 1.54) is 7.11 Å².